The van der Waals surface area contributed by atoms with Crippen molar-refractivity contribution in [2.45, 2.75) is 51.2 Å². The van der Waals surface area contributed by atoms with Gasteiger partial charge in [-0.05, 0) is 31.4 Å². The monoisotopic (exact) mass is 525 g/mol. The molecule has 0 saturated carbocycles. The van der Waals surface area contributed by atoms with Gasteiger partial charge in [0, 0.05) is 50.9 Å². The van der Waals surface area contributed by atoms with Crippen LogP contribution in [0.4, 0.5) is 5.69 Å². The van der Waals surface area contributed by atoms with Crippen LogP contribution in [0.2, 0.25) is 0 Å². The largest absolute Gasteiger partial charge is 0.497 e. The molecule has 1 fully saturated rings. The molecule has 164 valence electrons. The third-order valence-electron chi connectivity index (χ3n) is 5.77. The summed E-state index contributed by atoms with van der Waals surface area (Å²) in [5.41, 5.74) is 1.20. The Labute approximate surface area is 195 Å². The molecule has 0 aliphatic carbocycles. The van der Waals surface area contributed by atoms with Crippen molar-refractivity contribution < 1.29 is 4.74 Å². The molecule has 0 radical (unpaired) electrons. The van der Waals surface area contributed by atoms with E-state index in [1.54, 1.807) is 7.11 Å². The Morgan fingerprint density at radius 3 is 2.97 bits per heavy atom. The third kappa shape index (κ3) is 5.35. The molecule has 30 heavy (non-hydrogen) atoms. The molecule has 2 aliphatic heterocycles. The second-order valence-corrected chi connectivity index (χ2v) is 7.70. The van der Waals surface area contributed by atoms with E-state index in [9.17, 15) is 0 Å². The van der Waals surface area contributed by atoms with Gasteiger partial charge in [0.1, 0.15) is 11.6 Å². The number of nitrogens with one attached hydrogen (secondary N) is 2. The number of hydrogen-bond acceptors (Lipinski definition) is 5. The number of nitrogens with zero attached hydrogens (tertiary/aromatic N) is 5. The third-order valence-corrected chi connectivity index (χ3v) is 5.77. The molecule has 1 aromatic heterocycles. The van der Waals surface area contributed by atoms with Gasteiger partial charge >= 0.3 is 0 Å². The number of fused-ring (bicyclic) bond motifs is 1. The van der Waals surface area contributed by atoms with Crippen molar-refractivity contribution in [2.75, 3.05) is 32.1 Å². The Kier molecular flexibility index (Phi) is 8.17. The van der Waals surface area contributed by atoms with Crippen molar-refractivity contribution in [3.05, 3.63) is 35.9 Å². The van der Waals surface area contributed by atoms with E-state index in [1.165, 1.54) is 24.9 Å². The number of aryl methyl sites for hydroxylation is 1. The van der Waals surface area contributed by atoms with Gasteiger partial charge in [0.15, 0.2) is 11.8 Å². The van der Waals surface area contributed by atoms with Crippen LogP contribution in [-0.2, 0) is 19.5 Å². The quantitative estimate of drug-likeness (QED) is 0.355. The van der Waals surface area contributed by atoms with E-state index >= 15 is 0 Å². The smallest absolute Gasteiger partial charge is 0.191 e. The number of aliphatic imine (C=N–C) groups is 1. The summed E-state index contributed by atoms with van der Waals surface area (Å²) in [6.07, 6.45) is 5.78. The van der Waals surface area contributed by atoms with Crippen LogP contribution in [0.15, 0.2) is 29.3 Å². The Balaban J connectivity index is 0.00000256. The van der Waals surface area contributed by atoms with E-state index in [-0.39, 0.29) is 24.0 Å². The number of hydrogen-bond donors (Lipinski definition) is 2. The number of ether oxygens (including phenoxy) is 1. The van der Waals surface area contributed by atoms with Crippen molar-refractivity contribution in [1.29, 1.82) is 0 Å². The molecule has 2 aromatic rings. The topological polar surface area (TPSA) is 79.6 Å². The Hall–Kier alpha value is -2.04. The van der Waals surface area contributed by atoms with Crippen LogP contribution >= 0.6 is 24.0 Å². The highest BCUT2D eigenvalue weighted by atomic mass is 127. The zero-order chi connectivity index (χ0) is 20.1. The second kappa shape index (κ2) is 10.8. The zero-order valence-corrected chi connectivity index (χ0v) is 20.1. The molecule has 0 amide bonds. The van der Waals surface area contributed by atoms with Crippen molar-refractivity contribution >= 4 is 35.6 Å². The number of rotatable bonds is 5. The lowest BCUT2D eigenvalue weighted by Gasteiger charge is -2.21. The van der Waals surface area contributed by atoms with Gasteiger partial charge in [0.2, 0.25) is 0 Å². The minimum absolute atomic E-state index is 0. The molecule has 2 aliphatic rings. The maximum atomic E-state index is 5.35. The van der Waals surface area contributed by atoms with E-state index in [2.05, 4.69) is 47.4 Å². The minimum atomic E-state index is 0. The standard InChI is InChI=1S/C21H31N7O.HI/c1-22-21(23-14-20-26-25-19-9-4-3-5-11-28(19)20)24-16-10-12-27(15-16)17-7-6-8-18(13-17)29-2;/h6-8,13,16H,3-5,9-12,14-15H2,1-2H3,(H2,22,23,24);1H. The van der Waals surface area contributed by atoms with Gasteiger partial charge in [0.05, 0.1) is 13.7 Å². The number of methoxy groups -OCH3 is 1. The van der Waals surface area contributed by atoms with Gasteiger partial charge in [-0.3, -0.25) is 4.99 Å². The summed E-state index contributed by atoms with van der Waals surface area (Å²) in [7, 11) is 3.52. The number of anilines is 1. The fourth-order valence-electron chi connectivity index (χ4n) is 4.15. The van der Waals surface area contributed by atoms with Crippen LogP contribution < -0.4 is 20.3 Å². The lowest BCUT2D eigenvalue weighted by Crippen LogP contribution is -2.44. The summed E-state index contributed by atoms with van der Waals surface area (Å²) in [5, 5.41) is 15.7. The number of guanidine groups is 1. The first kappa shape index (κ1) is 22.6. The van der Waals surface area contributed by atoms with Gasteiger partial charge in [-0.2, -0.15) is 0 Å². The molecule has 8 nitrogen and oxygen atoms in total. The summed E-state index contributed by atoms with van der Waals surface area (Å²) in [5.74, 6) is 3.82. The maximum absolute atomic E-state index is 5.35. The first-order chi connectivity index (χ1) is 14.3. The van der Waals surface area contributed by atoms with E-state index < -0.39 is 0 Å². The predicted octanol–water partition coefficient (Wildman–Crippen LogP) is 2.58. The van der Waals surface area contributed by atoms with Crippen LogP contribution in [0.1, 0.15) is 37.3 Å². The molecule has 3 heterocycles. The van der Waals surface area contributed by atoms with Crippen molar-refractivity contribution in [1.82, 2.24) is 25.4 Å². The SMILES string of the molecule is CN=C(NCc1nnc2n1CCCCC2)NC1CCN(c2cccc(OC)c2)C1.I. The van der Waals surface area contributed by atoms with Crippen LogP contribution in [0.25, 0.3) is 0 Å². The van der Waals surface area contributed by atoms with Crippen molar-refractivity contribution in [2.24, 2.45) is 4.99 Å². The molecule has 1 atom stereocenters. The first-order valence-electron chi connectivity index (χ1n) is 10.5. The average molecular weight is 525 g/mol. The molecule has 1 aromatic carbocycles. The molecular weight excluding hydrogens is 493 g/mol. The van der Waals surface area contributed by atoms with Gasteiger partial charge in [-0.1, -0.05) is 12.5 Å². The Morgan fingerprint density at radius 1 is 1.23 bits per heavy atom. The molecule has 9 heteroatoms. The lowest BCUT2D eigenvalue weighted by atomic mass is 10.2. The summed E-state index contributed by atoms with van der Waals surface area (Å²) in [6, 6.07) is 8.59. The second-order valence-electron chi connectivity index (χ2n) is 7.70. The van der Waals surface area contributed by atoms with Crippen LogP contribution in [0, 0.1) is 0 Å². The fourth-order valence-corrected chi connectivity index (χ4v) is 4.15. The van der Waals surface area contributed by atoms with E-state index in [0.717, 1.165) is 55.8 Å². The van der Waals surface area contributed by atoms with Crippen molar-refractivity contribution in [3.8, 4) is 5.75 Å². The minimum Gasteiger partial charge on any atom is -0.497 e. The van der Waals surface area contributed by atoms with E-state index in [4.69, 9.17) is 4.74 Å². The molecule has 4 rings (SSSR count). The van der Waals surface area contributed by atoms with Gasteiger partial charge < -0.3 is 24.8 Å². The molecule has 1 saturated heterocycles. The van der Waals surface area contributed by atoms with Gasteiger partial charge in [0.25, 0.3) is 0 Å². The Bertz CT molecular complexity index is 854. The lowest BCUT2D eigenvalue weighted by molar-refractivity contribution is 0.415. The molecule has 0 bridgehead atoms. The summed E-state index contributed by atoms with van der Waals surface area (Å²) >= 11 is 0. The summed E-state index contributed by atoms with van der Waals surface area (Å²) < 4.78 is 7.62. The number of halogens is 1. The van der Waals surface area contributed by atoms with Gasteiger partial charge in [-0.15, -0.1) is 34.2 Å². The zero-order valence-electron chi connectivity index (χ0n) is 17.8. The van der Waals surface area contributed by atoms with Crippen LogP contribution in [-0.4, -0.2) is 54.0 Å². The highest BCUT2D eigenvalue weighted by Gasteiger charge is 2.24. The van der Waals surface area contributed by atoms with Crippen molar-refractivity contribution in [3.63, 3.8) is 0 Å². The van der Waals surface area contributed by atoms with E-state index in [1.807, 2.05) is 19.2 Å². The highest BCUT2D eigenvalue weighted by Crippen LogP contribution is 2.24. The number of aromatic nitrogens is 3. The van der Waals surface area contributed by atoms with E-state index in [0.29, 0.717) is 12.6 Å². The predicted molar refractivity (Wildman–Crippen MR) is 130 cm³/mol. The fraction of sp³-hybridized carbons (Fsp3) is 0.571. The van der Waals surface area contributed by atoms with Crippen LogP contribution in [0.3, 0.4) is 0 Å². The first-order valence-corrected chi connectivity index (χ1v) is 10.5. The molecular formula is C21H32IN7O. The summed E-state index contributed by atoms with van der Waals surface area (Å²) in [4.78, 5) is 6.79. The molecule has 1 unspecified atom stereocenters. The van der Waals surface area contributed by atoms with Crippen LogP contribution in [0.5, 0.6) is 5.75 Å². The number of benzene rings is 1. The normalized spacial score (nSPS) is 18.9. The maximum Gasteiger partial charge on any atom is 0.191 e. The highest BCUT2D eigenvalue weighted by molar-refractivity contribution is 14.0. The summed E-state index contributed by atoms with van der Waals surface area (Å²) in [6.45, 7) is 3.61. The average Bonchev–Trinajstić information content (AvgIpc) is 3.31. The Morgan fingerprint density at radius 2 is 2.13 bits per heavy atom. The van der Waals surface area contributed by atoms with Gasteiger partial charge in [-0.25, -0.2) is 0 Å². The molecule has 2 N–H and O–H groups in total. The molecule has 0 spiro atoms.